The molecule has 2 unspecified atom stereocenters. The highest BCUT2D eigenvalue weighted by atomic mass is 79.9. The highest BCUT2D eigenvalue weighted by molar-refractivity contribution is 9.10. The van der Waals surface area contributed by atoms with Crippen LogP contribution in [0.5, 0.6) is 0 Å². The predicted molar refractivity (Wildman–Crippen MR) is 55.6 cm³/mol. The standard InChI is InChI=1S/C10H10BrNO2/c11-7-3-1-6(2-4-7)9-5-8(12)10(13)14-9/h1-4,8-9H,5,12H2. The summed E-state index contributed by atoms with van der Waals surface area (Å²) in [5.41, 5.74) is 6.55. The van der Waals surface area contributed by atoms with Crippen molar-refractivity contribution < 1.29 is 9.53 Å². The summed E-state index contributed by atoms with van der Waals surface area (Å²) < 4.78 is 6.13. The second-order valence-corrected chi connectivity index (χ2v) is 4.23. The van der Waals surface area contributed by atoms with E-state index in [1.807, 2.05) is 24.3 Å². The molecule has 1 aliphatic rings. The van der Waals surface area contributed by atoms with Crippen molar-refractivity contribution in [1.29, 1.82) is 0 Å². The second kappa shape index (κ2) is 3.71. The van der Waals surface area contributed by atoms with Crippen LogP contribution in [0.1, 0.15) is 18.1 Å². The van der Waals surface area contributed by atoms with Gasteiger partial charge in [-0.1, -0.05) is 28.1 Å². The third-order valence-corrected chi connectivity index (χ3v) is 2.80. The minimum atomic E-state index is -0.469. The summed E-state index contributed by atoms with van der Waals surface area (Å²) in [5, 5.41) is 0. The molecule has 0 saturated carbocycles. The lowest BCUT2D eigenvalue weighted by atomic mass is 10.1. The predicted octanol–water partition coefficient (Wildman–Crippen LogP) is 1.76. The summed E-state index contributed by atoms with van der Waals surface area (Å²) in [6.45, 7) is 0. The lowest BCUT2D eigenvalue weighted by Gasteiger charge is -2.08. The molecule has 0 bridgehead atoms. The molecule has 0 amide bonds. The van der Waals surface area contributed by atoms with Crippen molar-refractivity contribution in [3.8, 4) is 0 Å². The van der Waals surface area contributed by atoms with E-state index < -0.39 is 6.04 Å². The van der Waals surface area contributed by atoms with Gasteiger partial charge < -0.3 is 10.5 Å². The Hall–Kier alpha value is -0.870. The smallest absolute Gasteiger partial charge is 0.323 e. The average molecular weight is 256 g/mol. The van der Waals surface area contributed by atoms with Gasteiger partial charge >= 0.3 is 5.97 Å². The first-order valence-corrected chi connectivity index (χ1v) is 5.17. The van der Waals surface area contributed by atoms with Gasteiger partial charge in [0.1, 0.15) is 12.1 Å². The van der Waals surface area contributed by atoms with Crippen LogP contribution < -0.4 is 5.73 Å². The zero-order chi connectivity index (χ0) is 10.1. The van der Waals surface area contributed by atoms with E-state index in [2.05, 4.69) is 15.9 Å². The van der Waals surface area contributed by atoms with Crippen molar-refractivity contribution in [2.45, 2.75) is 18.6 Å². The number of cyclic esters (lactones) is 1. The van der Waals surface area contributed by atoms with Crippen molar-refractivity contribution in [1.82, 2.24) is 0 Å². The number of ether oxygens (including phenoxy) is 1. The van der Waals surface area contributed by atoms with E-state index >= 15 is 0 Å². The lowest BCUT2D eigenvalue weighted by Crippen LogP contribution is -2.24. The molecule has 14 heavy (non-hydrogen) atoms. The molecule has 0 radical (unpaired) electrons. The lowest BCUT2D eigenvalue weighted by molar-refractivity contribution is -0.142. The normalized spacial score (nSPS) is 26.3. The number of benzene rings is 1. The Bertz CT molecular complexity index is 350. The van der Waals surface area contributed by atoms with Gasteiger partial charge in [0.2, 0.25) is 0 Å². The minimum absolute atomic E-state index is 0.175. The molecule has 4 heteroatoms. The summed E-state index contributed by atoms with van der Waals surface area (Å²) >= 11 is 3.35. The van der Waals surface area contributed by atoms with Gasteiger partial charge in [0.15, 0.2) is 0 Å². The molecule has 1 fully saturated rings. The third-order valence-electron chi connectivity index (χ3n) is 2.27. The van der Waals surface area contributed by atoms with Crippen molar-refractivity contribution >= 4 is 21.9 Å². The topological polar surface area (TPSA) is 52.3 Å². The molecule has 1 aromatic rings. The van der Waals surface area contributed by atoms with Crippen LogP contribution >= 0.6 is 15.9 Å². The Morgan fingerprint density at radius 3 is 2.50 bits per heavy atom. The van der Waals surface area contributed by atoms with Crippen LogP contribution in [0, 0.1) is 0 Å². The molecule has 1 heterocycles. The molecule has 0 aromatic heterocycles. The van der Waals surface area contributed by atoms with Crippen LogP contribution in [0.3, 0.4) is 0 Å². The summed E-state index contributed by atoms with van der Waals surface area (Å²) in [6, 6.07) is 7.24. The van der Waals surface area contributed by atoms with E-state index in [0.717, 1.165) is 10.0 Å². The van der Waals surface area contributed by atoms with Gasteiger partial charge in [-0.3, -0.25) is 4.79 Å². The summed E-state index contributed by atoms with van der Waals surface area (Å²) in [4.78, 5) is 11.1. The quantitative estimate of drug-likeness (QED) is 0.779. The summed E-state index contributed by atoms with van der Waals surface area (Å²) in [6.07, 6.45) is 0.395. The number of hydrogen-bond donors (Lipinski definition) is 1. The number of hydrogen-bond acceptors (Lipinski definition) is 3. The maximum absolute atomic E-state index is 11.1. The Morgan fingerprint density at radius 1 is 1.36 bits per heavy atom. The molecular weight excluding hydrogens is 246 g/mol. The van der Waals surface area contributed by atoms with Gasteiger partial charge in [0.25, 0.3) is 0 Å². The fraction of sp³-hybridized carbons (Fsp3) is 0.300. The monoisotopic (exact) mass is 255 g/mol. The molecule has 1 aliphatic heterocycles. The van der Waals surface area contributed by atoms with E-state index in [9.17, 15) is 4.79 Å². The summed E-state index contributed by atoms with van der Waals surface area (Å²) in [7, 11) is 0. The number of rotatable bonds is 1. The van der Waals surface area contributed by atoms with E-state index in [1.165, 1.54) is 0 Å². The molecule has 2 atom stereocenters. The fourth-order valence-corrected chi connectivity index (χ4v) is 1.75. The van der Waals surface area contributed by atoms with Crippen LogP contribution in [-0.2, 0) is 9.53 Å². The van der Waals surface area contributed by atoms with E-state index in [-0.39, 0.29) is 12.1 Å². The van der Waals surface area contributed by atoms with E-state index in [1.54, 1.807) is 0 Å². The molecule has 2 N–H and O–H groups in total. The van der Waals surface area contributed by atoms with Crippen LogP contribution in [0.25, 0.3) is 0 Å². The first-order valence-electron chi connectivity index (χ1n) is 4.38. The molecule has 3 nitrogen and oxygen atoms in total. The van der Waals surface area contributed by atoms with Crippen LogP contribution in [0.15, 0.2) is 28.7 Å². The average Bonchev–Trinajstić information content (AvgIpc) is 2.48. The number of carbonyl (C=O) groups is 1. The Morgan fingerprint density at radius 2 is 2.00 bits per heavy atom. The summed E-state index contributed by atoms with van der Waals surface area (Å²) in [5.74, 6) is -0.307. The first kappa shape index (κ1) is 9.68. The first-order chi connectivity index (χ1) is 6.66. The van der Waals surface area contributed by atoms with E-state index in [4.69, 9.17) is 10.5 Å². The van der Waals surface area contributed by atoms with Crippen LogP contribution in [0.4, 0.5) is 0 Å². The van der Waals surface area contributed by atoms with Gasteiger partial charge in [-0.25, -0.2) is 0 Å². The number of halogens is 1. The SMILES string of the molecule is NC1CC(c2ccc(Br)cc2)OC1=O. The largest absolute Gasteiger partial charge is 0.456 e. The molecule has 1 saturated heterocycles. The highest BCUT2D eigenvalue weighted by Gasteiger charge is 2.32. The zero-order valence-electron chi connectivity index (χ0n) is 7.44. The van der Waals surface area contributed by atoms with Gasteiger partial charge in [-0.05, 0) is 17.7 Å². The fourth-order valence-electron chi connectivity index (χ4n) is 1.48. The highest BCUT2D eigenvalue weighted by Crippen LogP contribution is 2.29. The number of esters is 1. The van der Waals surface area contributed by atoms with Gasteiger partial charge in [0, 0.05) is 10.9 Å². The van der Waals surface area contributed by atoms with Gasteiger partial charge in [-0.15, -0.1) is 0 Å². The Labute approximate surface area is 90.4 Å². The molecule has 2 rings (SSSR count). The molecule has 0 spiro atoms. The maximum Gasteiger partial charge on any atom is 0.323 e. The van der Waals surface area contributed by atoms with Crippen molar-refractivity contribution in [3.05, 3.63) is 34.3 Å². The van der Waals surface area contributed by atoms with E-state index in [0.29, 0.717) is 6.42 Å². The Kier molecular flexibility index (Phi) is 2.56. The third kappa shape index (κ3) is 1.81. The molecular formula is C10H10BrNO2. The molecule has 74 valence electrons. The van der Waals surface area contributed by atoms with Crippen LogP contribution in [-0.4, -0.2) is 12.0 Å². The molecule has 0 aliphatic carbocycles. The van der Waals surface area contributed by atoms with Crippen molar-refractivity contribution in [3.63, 3.8) is 0 Å². The molecule has 1 aromatic carbocycles. The van der Waals surface area contributed by atoms with Crippen LogP contribution in [0.2, 0.25) is 0 Å². The van der Waals surface area contributed by atoms with Crippen molar-refractivity contribution in [2.24, 2.45) is 5.73 Å². The van der Waals surface area contributed by atoms with Crippen molar-refractivity contribution in [2.75, 3.05) is 0 Å². The number of carbonyl (C=O) groups excluding carboxylic acids is 1. The minimum Gasteiger partial charge on any atom is -0.456 e. The zero-order valence-corrected chi connectivity index (χ0v) is 9.03. The van der Waals surface area contributed by atoms with Gasteiger partial charge in [-0.2, -0.15) is 0 Å². The Balaban J connectivity index is 2.17. The second-order valence-electron chi connectivity index (χ2n) is 3.32. The van der Waals surface area contributed by atoms with Gasteiger partial charge in [0.05, 0.1) is 0 Å². The number of nitrogens with two attached hydrogens (primary N) is 1. The maximum atomic E-state index is 11.1.